The Bertz CT molecular complexity index is 128. The summed E-state index contributed by atoms with van der Waals surface area (Å²) in [5, 5.41) is 0. The van der Waals surface area contributed by atoms with Gasteiger partial charge in [0.1, 0.15) is 6.61 Å². The Kier molecular flexibility index (Phi) is 1.95. The number of ether oxygens (including phenoxy) is 1. The van der Waals surface area contributed by atoms with Gasteiger partial charge in [-0.3, -0.25) is 0 Å². The minimum atomic E-state index is -0.276. The van der Waals surface area contributed by atoms with Gasteiger partial charge in [0.2, 0.25) is 0 Å². The molecule has 1 rings (SSSR count). The number of rotatable bonds is 1. The van der Waals surface area contributed by atoms with Gasteiger partial charge < -0.3 is 4.74 Å². The third-order valence-electron chi connectivity index (χ3n) is 1.37. The van der Waals surface area contributed by atoms with Gasteiger partial charge in [-0.25, -0.2) is 8.72 Å². The van der Waals surface area contributed by atoms with E-state index in [9.17, 15) is 4.79 Å². The molecule has 0 aromatic carbocycles. The molecule has 52 valence electrons. The second kappa shape index (κ2) is 2.56. The number of halogens is 1. The van der Waals surface area contributed by atoms with Crippen LogP contribution in [0.4, 0.5) is 4.79 Å². The van der Waals surface area contributed by atoms with Crippen LogP contribution in [-0.4, -0.2) is 22.7 Å². The van der Waals surface area contributed by atoms with Gasteiger partial charge in [-0.05, 0) is 6.42 Å². The number of carbonyl (C=O) groups excluding carboxylic acids is 1. The van der Waals surface area contributed by atoms with Crippen LogP contribution in [-0.2, 0) is 4.74 Å². The SMILES string of the molecule is CCC1COC(=O)N1Br. The summed E-state index contributed by atoms with van der Waals surface area (Å²) in [4.78, 5) is 10.6. The fourth-order valence-corrected chi connectivity index (χ4v) is 1.23. The molecule has 0 spiro atoms. The maximum atomic E-state index is 10.6. The molecule has 9 heavy (non-hydrogen) atoms. The Morgan fingerprint density at radius 2 is 2.67 bits per heavy atom. The van der Waals surface area contributed by atoms with E-state index in [0.29, 0.717) is 6.61 Å². The number of cyclic esters (lactones) is 1. The number of hydrogen-bond acceptors (Lipinski definition) is 2. The lowest BCUT2D eigenvalue weighted by molar-refractivity contribution is 0.171. The lowest BCUT2D eigenvalue weighted by Gasteiger charge is -2.08. The van der Waals surface area contributed by atoms with E-state index in [0.717, 1.165) is 6.42 Å². The van der Waals surface area contributed by atoms with Crippen molar-refractivity contribution in [1.29, 1.82) is 0 Å². The average molecular weight is 194 g/mol. The van der Waals surface area contributed by atoms with Crippen LogP contribution in [0.2, 0.25) is 0 Å². The second-order valence-electron chi connectivity index (χ2n) is 1.95. The Balaban J connectivity index is 2.51. The standard InChI is InChI=1S/C5H8BrNO2/c1-2-4-3-9-5(8)7(4)6/h4H,2-3H2,1H3. The van der Waals surface area contributed by atoms with Crippen molar-refractivity contribution in [1.82, 2.24) is 3.93 Å². The molecular formula is C5H8BrNO2. The predicted octanol–water partition coefficient (Wildman–Crippen LogP) is 1.53. The highest BCUT2D eigenvalue weighted by Gasteiger charge is 2.29. The summed E-state index contributed by atoms with van der Waals surface area (Å²) >= 11 is 3.09. The zero-order valence-electron chi connectivity index (χ0n) is 5.13. The first-order chi connectivity index (χ1) is 4.25. The van der Waals surface area contributed by atoms with Crippen molar-refractivity contribution in [3.63, 3.8) is 0 Å². The summed E-state index contributed by atoms with van der Waals surface area (Å²) < 4.78 is 6.16. The van der Waals surface area contributed by atoms with E-state index in [1.165, 1.54) is 3.93 Å². The Labute approximate surface area is 62.3 Å². The fraction of sp³-hybridized carbons (Fsp3) is 0.800. The number of hydrogen-bond donors (Lipinski definition) is 0. The van der Waals surface area contributed by atoms with Gasteiger partial charge in [0.05, 0.1) is 22.2 Å². The molecule has 0 bridgehead atoms. The molecule has 0 radical (unpaired) electrons. The Morgan fingerprint density at radius 3 is 2.89 bits per heavy atom. The van der Waals surface area contributed by atoms with Gasteiger partial charge in [0, 0.05) is 0 Å². The molecule has 1 aliphatic rings. The highest BCUT2D eigenvalue weighted by molar-refractivity contribution is 9.07. The summed E-state index contributed by atoms with van der Waals surface area (Å²) in [7, 11) is 0. The molecule has 0 aromatic rings. The van der Waals surface area contributed by atoms with E-state index < -0.39 is 0 Å². The molecule has 0 N–H and O–H groups in total. The first-order valence-electron chi connectivity index (χ1n) is 2.87. The smallest absolute Gasteiger partial charge is 0.420 e. The lowest BCUT2D eigenvalue weighted by atomic mass is 10.3. The van der Waals surface area contributed by atoms with Gasteiger partial charge in [-0.15, -0.1) is 0 Å². The molecule has 4 heteroatoms. The van der Waals surface area contributed by atoms with E-state index in [1.54, 1.807) is 0 Å². The summed E-state index contributed by atoms with van der Waals surface area (Å²) in [6.07, 6.45) is 0.652. The van der Waals surface area contributed by atoms with E-state index in [-0.39, 0.29) is 12.1 Å². The first-order valence-corrected chi connectivity index (χ1v) is 3.58. The van der Waals surface area contributed by atoms with Crippen LogP contribution in [0.25, 0.3) is 0 Å². The third kappa shape index (κ3) is 1.18. The zero-order chi connectivity index (χ0) is 6.85. The Morgan fingerprint density at radius 1 is 2.00 bits per heavy atom. The second-order valence-corrected chi connectivity index (χ2v) is 2.71. The van der Waals surface area contributed by atoms with Gasteiger partial charge in [0.25, 0.3) is 0 Å². The average Bonchev–Trinajstić information content (AvgIpc) is 2.15. The van der Waals surface area contributed by atoms with Gasteiger partial charge >= 0.3 is 6.09 Å². The number of amides is 1. The molecule has 0 saturated carbocycles. The molecule has 1 saturated heterocycles. The van der Waals surface area contributed by atoms with Crippen LogP contribution in [0.3, 0.4) is 0 Å². The van der Waals surface area contributed by atoms with Crippen LogP contribution >= 0.6 is 16.1 Å². The minimum Gasteiger partial charge on any atom is -0.447 e. The van der Waals surface area contributed by atoms with E-state index in [4.69, 9.17) is 4.74 Å². The lowest BCUT2D eigenvalue weighted by Crippen LogP contribution is -2.22. The highest BCUT2D eigenvalue weighted by atomic mass is 79.9. The van der Waals surface area contributed by atoms with Crippen LogP contribution in [0.5, 0.6) is 0 Å². The topological polar surface area (TPSA) is 29.5 Å². The van der Waals surface area contributed by atoms with Crippen molar-refractivity contribution >= 4 is 22.2 Å². The van der Waals surface area contributed by atoms with Crippen molar-refractivity contribution in [3.8, 4) is 0 Å². The molecule has 1 amide bonds. The summed E-state index contributed by atoms with van der Waals surface area (Å²) in [5.41, 5.74) is 0. The van der Waals surface area contributed by atoms with E-state index >= 15 is 0 Å². The van der Waals surface area contributed by atoms with Crippen molar-refractivity contribution in [2.45, 2.75) is 19.4 Å². The normalized spacial score (nSPS) is 26.7. The summed E-state index contributed by atoms with van der Waals surface area (Å²) in [5.74, 6) is 0. The molecule has 0 aromatic heterocycles. The molecule has 0 aliphatic carbocycles. The van der Waals surface area contributed by atoms with Crippen molar-refractivity contribution in [2.75, 3.05) is 6.61 Å². The first kappa shape index (κ1) is 6.86. The summed E-state index contributed by atoms with van der Waals surface area (Å²) in [6.45, 7) is 2.53. The van der Waals surface area contributed by atoms with Crippen LogP contribution in [0, 0.1) is 0 Å². The monoisotopic (exact) mass is 193 g/mol. The molecule has 1 unspecified atom stereocenters. The highest BCUT2D eigenvalue weighted by Crippen LogP contribution is 2.18. The van der Waals surface area contributed by atoms with Crippen molar-refractivity contribution < 1.29 is 9.53 Å². The van der Waals surface area contributed by atoms with E-state index in [1.807, 2.05) is 6.92 Å². The molecule has 3 nitrogen and oxygen atoms in total. The van der Waals surface area contributed by atoms with Gasteiger partial charge in [-0.2, -0.15) is 0 Å². The van der Waals surface area contributed by atoms with Crippen molar-refractivity contribution in [3.05, 3.63) is 0 Å². The molecular weight excluding hydrogens is 186 g/mol. The molecule has 1 aliphatic heterocycles. The molecule has 1 heterocycles. The van der Waals surface area contributed by atoms with Gasteiger partial charge in [0.15, 0.2) is 0 Å². The van der Waals surface area contributed by atoms with Crippen LogP contribution < -0.4 is 0 Å². The summed E-state index contributed by atoms with van der Waals surface area (Å²) in [6, 6.07) is 0.220. The third-order valence-corrected chi connectivity index (χ3v) is 2.23. The Hall–Kier alpha value is -0.250. The quantitative estimate of drug-likeness (QED) is 0.592. The van der Waals surface area contributed by atoms with Gasteiger partial charge in [-0.1, -0.05) is 6.92 Å². The zero-order valence-corrected chi connectivity index (χ0v) is 6.72. The maximum absolute atomic E-state index is 10.6. The van der Waals surface area contributed by atoms with E-state index in [2.05, 4.69) is 16.1 Å². The minimum absolute atomic E-state index is 0.220. The molecule has 1 fully saturated rings. The van der Waals surface area contributed by atoms with Crippen LogP contribution in [0.1, 0.15) is 13.3 Å². The van der Waals surface area contributed by atoms with Crippen molar-refractivity contribution in [2.24, 2.45) is 0 Å². The largest absolute Gasteiger partial charge is 0.447 e. The number of nitrogens with zero attached hydrogens (tertiary/aromatic N) is 1. The maximum Gasteiger partial charge on any atom is 0.420 e. The van der Waals surface area contributed by atoms with Crippen LogP contribution in [0.15, 0.2) is 0 Å². The molecule has 1 atom stereocenters. The number of carbonyl (C=O) groups is 1. The fourth-order valence-electron chi connectivity index (χ4n) is 0.722. The predicted molar refractivity (Wildman–Crippen MR) is 36.2 cm³/mol.